The highest BCUT2D eigenvalue weighted by Gasteiger charge is 2.16. The number of nitrogens with one attached hydrogen (secondary N) is 3. The van der Waals surface area contributed by atoms with Gasteiger partial charge in [-0.1, -0.05) is 56.3 Å². The van der Waals surface area contributed by atoms with Crippen molar-refractivity contribution >= 4 is 46.9 Å². The highest BCUT2D eigenvalue weighted by Crippen LogP contribution is 2.29. The second kappa shape index (κ2) is 15.5. The van der Waals surface area contributed by atoms with Crippen LogP contribution >= 0.6 is 11.8 Å². The molecule has 4 rings (SSSR count). The predicted octanol–water partition coefficient (Wildman–Crippen LogP) is 6.97. The molecule has 0 unspecified atom stereocenters. The summed E-state index contributed by atoms with van der Waals surface area (Å²) in [6, 6.07) is 28.9. The van der Waals surface area contributed by atoms with Crippen LogP contribution in [0.4, 0.5) is 11.4 Å². The van der Waals surface area contributed by atoms with E-state index in [4.69, 9.17) is 9.47 Å². The summed E-state index contributed by atoms with van der Waals surface area (Å²) in [6.07, 6.45) is 1.65. The topological polar surface area (TPSA) is 106 Å². The lowest BCUT2D eigenvalue weighted by Crippen LogP contribution is -2.30. The fourth-order valence-electron chi connectivity index (χ4n) is 4.17. The van der Waals surface area contributed by atoms with Crippen LogP contribution in [-0.2, 0) is 9.59 Å². The van der Waals surface area contributed by atoms with E-state index in [9.17, 15) is 14.4 Å². The van der Waals surface area contributed by atoms with Gasteiger partial charge in [0.2, 0.25) is 5.91 Å². The Morgan fingerprint density at radius 1 is 0.818 bits per heavy atom. The van der Waals surface area contributed by atoms with Crippen LogP contribution in [0.3, 0.4) is 0 Å². The van der Waals surface area contributed by atoms with E-state index in [0.717, 1.165) is 10.5 Å². The SMILES string of the molecule is COc1ccc(OC)c(NC(=O)CSc2ccc(NC(=O)/C(=C/c3ccc(C(C)C)cc3)NC(=O)c3ccccc3)cc2)c1. The molecule has 8 nitrogen and oxygen atoms in total. The van der Waals surface area contributed by atoms with Crippen molar-refractivity contribution in [2.24, 2.45) is 0 Å². The number of methoxy groups -OCH3 is 2. The van der Waals surface area contributed by atoms with E-state index in [1.165, 1.54) is 24.4 Å². The summed E-state index contributed by atoms with van der Waals surface area (Å²) in [5.74, 6) is 0.625. The van der Waals surface area contributed by atoms with Crippen molar-refractivity contribution in [3.63, 3.8) is 0 Å². The second-order valence-electron chi connectivity index (χ2n) is 10.1. The normalized spacial score (nSPS) is 11.1. The van der Waals surface area contributed by atoms with Crippen LogP contribution in [-0.4, -0.2) is 37.7 Å². The minimum atomic E-state index is -0.464. The van der Waals surface area contributed by atoms with E-state index < -0.39 is 5.91 Å². The van der Waals surface area contributed by atoms with E-state index >= 15 is 0 Å². The highest BCUT2D eigenvalue weighted by atomic mass is 32.2. The Balaban J connectivity index is 1.41. The van der Waals surface area contributed by atoms with Gasteiger partial charge >= 0.3 is 0 Å². The summed E-state index contributed by atoms with van der Waals surface area (Å²) >= 11 is 1.35. The average Bonchev–Trinajstić information content (AvgIpc) is 3.04. The Kier molecular flexibility index (Phi) is 11.2. The fourth-order valence-corrected chi connectivity index (χ4v) is 4.86. The summed E-state index contributed by atoms with van der Waals surface area (Å²) in [5.41, 5.74) is 3.58. The lowest BCUT2D eigenvalue weighted by molar-refractivity contribution is -0.114. The number of benzene rings is 4. The fraction of sp³-hybridized carbons (Fsp3) is 0.171. The summed E-state index contributed by atoms with van der Waals surface area (Å²) in [7, 11) is 3.09. The van der Waals surface area contributed by atoms with Crippen molar-refractivity contribution in [2.75, 3.05) is 30.6 Å². The maximum atomic E-state index is 13.4. The van der Waals surface area contributed by atoms with Crippen molar-refractivity contribution in [1.82, 2.24) is 5.32 Å². The van der Waals surface area contributed by atoms with Crippen molar-refractivity contribution in [3.8, 4) is 11.5 Å². The number of thioether (sulfide) groups is 1. The quantitative estimate of drug-likeness (QED) is 0.118. The monoisotopic (exact) mass is 609 g/mol. The van der Waals surface area contributed by atoms with Gasteiger partial charge in [0.05, 0.1) is 25.7 Å². The smallest absolute Gasteiger partial charge is 0.272 e. The zero-order chi connectivity index (χ0) is 31.5. The molecular formula is C35H35N3O5S. The molecule has 0 atom stereocenters. The van der Waals surface area contributed by atoms with Crippen molar-refractivity contribution in [1.29, 1.82) is 0 Å². The van der Waals surface area contributed by atoms with Gasteiger partial charge in [0, 0.05) is 22.2 Å². The summed E-state index contributed by atoms with van der Waals surface area (Å²) < 4.78 is 10.6. The summed E-state index contributed by atoms with van der Waals surface area (Å²) in [5, 5.41) is 8.47. The minimum Gasteiger partial charge on any atom is -0.497 e. The lowest BCUT2D eigenvalue weighted by Gasteiger charge is -2.13. The van der Waals surface area contributed by atoms with Crippen LogP contribution in [0.2, 0.25) is 0 Å². The van der Waals surface area contributed by atoms with Crippen LogP contribution in [0.1, 0.15) is 41.3 Å². The Bertz CT molecular complexity index is 1620. The molecule has 44 heavy (non-hydrogen) atoms. The Morgan fingerprint density at radius 2 is 1.52 bits per heavy atom. The third-order valence-corrected chi connectivity index (χ3v) is 7.62. The lowest BCUT2D eigenvalue weighted by atomic mass is 10.0. The van der Waals surface area contributed by atoms with E-state index in [1.54, 1.807) is 67.8 Å². The molecule has 0 fully saturated rings. The van der Waals surface area contributed by atoms with Crippen LogP contribution < -0.4 is 25.4 Å². The van der Waals surface area contributed by atoms with Gasteiger partial charge < -0.3 is 25.4 Å². The molecule has 4 aromatic rings. The Morgan fingerprint density at radius 3 is 2.16 bits per heavy atom. The summed E-state index contributed by atoms with van der Waals surface area (Å²) in [6.45, 7) is 4.23. The second-order valence-corrected chi connectivity index (χ2v) is 11.1. The van der Waals surface area contributed by atoms with Crippen LogP contribution in [0.15, 0.2) is 108 Å². The van der Waals surface area contributed by atoms with Gasteiger partial charge in [-0.3, -0.25) is 14.4 Å². The zero-order valence-electron chi connectivity index (χ0n) is 25.0. The number of hydrogen-bond donors (Lipinski definition) is 3. The van der Waals surface area contributed by atoms with Crippen molar-refractivity contribution < 1.29 is 23.9 Å². The molecule has 226 valence electrons. The highest BCUT2D eigenvalue weighted by molar-refractivity contribution is 8.00. The molecule has 3 amide bonds. The van der Waals surface area contributed by atoms with Gasteiger partial charge in [-0.25, -0.2) is 0 Å². The molecule has 0 aliphatic carbocycles. The predicted molar refractivity (Wildman–Crippen MR) is 176 cm³/mol. The van der Waals surface area contributed by atoms with E-state index in [-0.39, 0.29) is 23.3 Å². The number of ether oxygens (including phenoxy) is 2. The van der Waals surface area contributed by atoms with Gasteiger partial charge in [-0.15, -0.1) is 11.8 Å². The first-order valence-electron chi connectivity index (χ1n) is 14.0. The maximum Gasteiger partial charge on any atom is 0.272 e. The zero-order valence-corrected chi connectivity index (χ0v) is 25.9. The molecule has 3 N–H and O–H groups in total. The molecule has 0 heterocycles. The standard InChI is InChI=1S/C35H35N3O5S/c1-23(2)25-12-10-24(11-13-25)20-31(38-34(40)26-8-6-5-7-9-26)35(41)36-27-14-17-29(18-15-27)44-22-33(39)37-30-21-28(42-3)16-19-32(30)43-4/h5-21,23H,22H2,1-4H3,(H,36,41)(H,37,39)(H,38,40)/b31-20-. The minimum absolute atomic E-state index is 0.110. The van der Waals surface area contributed by atoms with E-state index in [2.05, 4.69) is 29.8 Å². The first-order chi connectivity index (χ1) is 21.2. The first kappa shape index (κ1) is 31.9. The molecule has 0 bridgehead atoms. The number of amides is 3. The summed E-state index contributed by atoms with van der Waals surface area (Å²) in [4.78, 5) is 39.7. The molecule has 0 aliphatic rings. The molecular weight excluding hydrogens is 574 g/mol. The van der Waals surface area contributed by atoms with E-state index in [1.807, 2.05) is 42.5 Å². The first-order valence-corrected chi connectivity index (χ1v) is 15.0. The number of anilines is 2. The van der Waals surface area contributed by atoms with E-state index in [0.29, 0.717) is 34.4 Å². The van der Waals surface area contributed by atoms with Crippen LogP contribution in [0.5, 0.6) is 11.5 Å². The average molecular weight is 610 g/mol. The molecule has 0 aromatic heterocycles. The van der Waals surface area contributed by atoms with Crippen molar-refractivity contribution in [3.05, 3.63) is 119 Å². The molecule has 0 radical (unpaired) electrons. The maximum absolute atomic E-state index is 13.4. The van der Waals surface area contributed by atoms with Gasteiger partial charge in [-0.05, 0) is 71.7 Å². The molecule has 0 spiro atoms. The molecule has 9 heteroatoms. The van der Waals surface area contributed by atoms with Crippen LogP contribution in [0, 0.1) is 0 Å². The Hall–Kier alpha value is -5.02. The van der Waals surface area contributed by atoms with Gasteiger partial charge in [-0.2, -0.15) is 0 Å². The van der Waals surface area contributed by atoms with Gasteiger partial charge in [0.15, 0.2) is 0 Å². The molecule has 0 saturated heterocycles. The van der Waals surface area contributed by atoms with Gasteiger partial charge in [0.1, 0.15) is 17.2 Å². The molecule has 0 aliphatic heterocycles. The largest absolute Gasteiger partial charge is 0.497 e. The third kappa shape index (κ3) is 8.99. The number of carbonyl (C=O) groups is 3. The molecule has 4 aromatic carbocycles. The number of rotatable bonds is 12. The molecule has 0 saturated carbocycles. The van der Waals surface area contributed by atoms with Crippen LogP contribution in [0.25, 0.3) is 6.08 Å². The van der Waals surface area contributed by atoms with Crippen molar-refractivity contribution in [2.45, 2.75) is 24.7 Å². The number of carbonyl (C=O) groups excluding carboxylic acids is 3. The Labute approximate surface area is 261 Å². The van der Waals surface area contributed by atoms with Gasteiger partial charge in [0.25, 0.3) is 11.8 Å². The number of hydrogen-bond acceptors (Lipinski definition) is 6. The third-order valence-electron chi connectivity index (χ3n) is 6.61.